The zero-order valence-electron chi connectivity index (χ0n) is 8.41. The minimum Gasteiger partial charge on any atom is -0.207 e. The second-order valence-corrected chi connectivity index (χ2v) is 5.63. The first-order chi connectivity index (χ1) is 6.91. The smallest absolute Gasteiger partial charge is 0.207 e. The van der Waals surface area contributed by atoms with E-state index < -0.39 is 9.05 Å². The Kier molecular flexibility index (Phi) is 3.38. The van der Waals surface area contributed by atoms with Crippen LogP contribution in [0.15, 0.2) is 17.0 Å². The van der Waals surface area contributed by atoms with Gasteiger partial charge in [0.05, 0.1) is 16.5 Å². The lowest BCUT2D eigenvalue weighted by molar-refractivity contribution is 0.608. The molecule has 1 aromatic rings. The van der Waals surface area contributed by atoms with E-state index >= 15 is 0 Å². The van der Waals surface area contributed by atoms with E-state index in [9.17, 15) is 8.42 Å². The molecule has 0 fully saturated rings. The Balaban J connectivity index is 3.67. The summed E-state index contributed by atoms with van der Waals surface area (Å²) in [5.74, 6) is 0. The maximum atomic E-state index is 11.4. The largest absolute Gasteiger partial charge is 0.261 e. The molecule has 0 bridgehead atoms. The molecule has 0 aliphatic heterocycles. The van der Waals surface area contributed by atoms with Crippen LogP contribution in [0.25, 0.3) is 0 Å². The van der Waals surface area contributed by atoms with Crippen LogP contribution >= 0.6 is 10.7 Å². The summed E-state index contributed by atoms with van der Waals surface area (Å²) in [4.78, 5) is 0.0747. The molecule has 15 heavy (non-hydrogen) atoms. The fourth-order valence-corrected chi connectivity index (χ4v) is 3.13. The molecule has 80 valence electrons. The van der Waals surface area contributed by atoms with Crippen molar-refractivity contribution in [3.05, 3.63) is 28.8 Å². The van der Waals surface area contributed by atoms with Crippen LogP contribution in [0.4, 0.5) is 0 Å². The van der Waals surface area contributed by atoms with Gasteiger partial charge in [-0.25, -0.2) is 8.42 Å². The molecular weight excluding hydrogens is 234 g/mol. The standard InChI is InChI=1S/C10H10ClNO2S/c1-3-8-4-5-9(6-12)7(2)10(8)15(11,13)14/h4-5H,3H2,1-2H3. The number of halogens is 1. The quantitative estimate of drug-likeness (QED) is 0.750. The Labute approximate surface area is 93.7 Å². The zero-order valence-corrected chi connectivity index (χ0v) is 9.98. The maximum absolute atomic E-state index is 11.4. The number of hydrogen-bond acceptors (Lipinski definition) is 3. The van der Waals surface area contributed by atoms with Crippen molar-refractivity contribution >= 4 is 19.7 Å². The molecule has 0 saturated heterocycles. The number of nitriles is 1. The summed E-state index contributed by atoms with van der Waals surface area (Å²) >= 11 is 0. The summed E-state index contributed by atoms with van der Waals surface area (Å²) < 4.78 is 22.7. The average Bonchev–Trinajstić information content (AvgIpc) is 2.15. The molecule has 0 N–H and O–H groups in total. The SMILES string of the molecule is CCc1ccc(C#N)c(C)c1S(=O)(=O)Cl. The first kappa shape index (κ1) is 12.0. The first-order valence-corrected chi connectivity index (χ1v) is 6.70. The molecule has 3 nitrogen and oxygen atoms in total. The number of aryl methyl sites for hydroxylation is 1. The van der Waals surface area contributed by atoms with Gasteiger partial charge in [-0.05, 0) is 30.5 Å². The van der Waals surface area contributed by atoms with Crippen LogP contribution in [0.5, 0.6) is 0 Å². The number of hydrogen-bond donors (Lipinski definition) is 0. The van der Waals surface area contributed by atoms with Gasteiger partial charge in [0, 0.05) is 10.7 Å². The average molecular weight is 244 g/mol. The van der Waals surface area contributed by atoms with Crippen molar-refractivity contribution in [3.8, 4) is 6.07 Å². The highest BCUT2D eigenvalue weighted by molar-refractivity contribution is 8.13. The molecule has 0 amide bonds. The van der Waals surface area contributed by atoms with Gasteiger partial charge in [-0.1, -0.05) is 13.0 Å². The Morgan fingerprint density at radius 3 is 2.47 bits per heavy atom. The summed E-state index contributed by atoms with van der Waals surface area (Å²) in [6.07, 6.45) is 0.563. The van der Waals surface area contributed by atoms with Crippen molar-refractivity contribution in [1.82, 2.24) is 0 Å². The van der Waals surface area contributed by atoms with E-state index in [1.165, 1.54) is 0 Å². The zero-order chi connectivity index (χ0) is 11.6. The summed E-state index contributed by atoms with van der Waals surface area (Å²) in [6, 6.07) is 5.17. The van der Waals surface area contributed by atoms with E-state index in [0.717, 1.165) is 0 Å². The molecule has 0 radical (unpaired) electrons. The van der Waals surface area contributed by atoms with Crippen LogP contribution in [0, 0.1) is 18.3 Å². The molecule has 0 aromatic heterocycles. The van der Waals surface area contributed by atoms with Crippen molar-refractivity contribution in [2.24, 2.45) is 0 Å². The normalized spacial score (nSPS) is 11.1. The lowest BCUT2D eigenvalue weighted by Crippen LogP contribution is -2.02. The topological polar surface area (TPSA) is 57.9 Å². The van der Waals surface area contributed by atoms with Crippen LogP contribution in [-0.2, 0) is 15.5 Å². The van der Waals surface area contributed by atoms with Gasteiger partial charge in [-0.15, -0.1) is 0 Å². The maximum Gasteiger partial charge on any atom is 0.261 e. The van der Waals surface area contributed by atoms with Gasteiger partial charge >= 0.3 is 0 Å². The highest BCUT2D eigenvalue weighted by Crippen LogP contribution is 2.26. The van der Waals surface area contributed by atoms with Gasteiger partial charge in [0.15, 0.2) is 0 Å². The first-order valence-electron chi connectivity index (χ1n) is 4.39. The fourth-order valence-electron chi connectivity index (χ4n) is 1.49. The second-order valence-electron chi connectivity index (χ2n) is 3.13. The molecule has 5 heteroatoms. The third-order valence-electron chi connectivity index (χ3n) is 2.23. The second kappa shape index (κ2) is 4.21. The number of rotatable bonds is 2. The Morgan fingerprint density at radius 2 is 2.07 bits per heavy atom. The number of benzene rings is 1. The van der Waals surface area contributed by atoms with Gasteiger partial charge in [0.2, 0.25) is 0 Å². The lowest BCUT2D eigenvalue weighted by Gasteiger charge is -2.09. The summed E-state index contributed by atoms with van der Waals surface area (Å²) in [6.45, 7) is 3.43. The molecule has 0 atom stereocenters. The molecule has 0 spiro atoms. The monoisotopic (exact) mass is 243 g/mol. The van der Waals surface area contributed by atoms with Crippen LogP contribution < -0.4 is 0 Å². The molecule has 0 aliphatic carbocycles. The van der Waals surface area contributed by atoms with Crippen molar-refractivity contribution in [2.45, 2.75) is 25.2 Å². The van der Waals surface area contributed by atoms with Gasteiger partial charge in [-0.2, -0.15) is 5.26 Å². The molecule has 0 aliphatic rings. The van der Waals surface area contributed by atoms with Gasteiger partial charge in [0.25, 0.3) is 9.05 Å². The molecule has 0 unspecified atom stereocenters. The number of nitrogens with zero attached hydrogens (tertiary/aromatic N) is 1. The van der Waals surface area contributed by atoms with Gasteiger partial charge < -0.3 is 0 Å². The Hall–Kier alpha value is -1.05. The van der Waals surface area contributed by atoms with Crippen LogP contribution in [0.3, 0.4) is 0 Å². The molecule has 1 rings (SSSR count). The van der Waals surface area contributed by atoms with E-state index in [2.05, 4.69) is 0 Å². The molecule has 0 saturated carbocycles. The third-order valence-corrected chi connectivity index (χ3v) is 3.75. The Bertz CT molecular complexity index is 529. The molecular formula is C10H10ClNO2S. The van der Waals surface area contributed by atoms with E-state index in [4.69, 9.17) is 15.9 Å². The van der Waals surface area contributed by atoms with Crippen LogP contribution in [0.1, 0.15) is 23.6 Å². The summed E-state index contributed by atoms with van der Waals surface area (Å²) in [5.41, 5.74) is 1.40. The molecule has 0 heterocycles. The van der Waals surface area contributed by atoms with E-state index in [-0.39, 0.29) is 4.90 Å². The Morgan fingerprint density at radius 1 is 1.47 bits per heavy atom. The van der Waals surface area contributed by atoms with Crippen molar-refractivity contribution in [3.63, 3.8) is 0 Å². The minimum atomic E-state index is -3.79. The fraction of sp³-hybridized carbons (Fsp3) is 0.300. The van der Waals surface area contributed by atoms with Crippen molar-refractivity contribution in [2.75, 3.05) is 0 Å². The van der Waals surface area contributed by atoms with Crippen LogP contribution in [-0.4, -0.2) is 8.42 Å². The van der Waals surface area contributed by atoms with Gasteiger partial charge in [-0.3, -0.25) is 0 Å². The van der Waals surface area contributed by atoms with E-state index in [0.29, 0.717) is 23.1 Å². The minimum absolute atomic E-state index is 0.0747. The third kappa shape index (κ3) is 2.31. The predicted molar refractivity (Wildman–Crippen MR) is 58.3 cm³/mol. The summed E-state index contributed by atoms with van der Waals surface area (Å²) in [7, 11) is 1.55. The van der Waals surface area contributed by atoms with Crippen molar-refractivity contribution in [1.29, 1.82) is 5.26 Å². The van der Waals surface area contributed by atoms with E-state index in [1.54, 1.807) is 19.1 Å². The highest BCUT2D eigenvalue weighted by Gasteiger charge is 2.19. The van der Waals surface area contributed by atoms with Crippen molar-refractivity contribution < 1.29 is 8.42 Å². The van der Waals surface area contributed by atoms with E-state index in [1.807, 2.05) is 13.0 Å². The van der Waals surface area contributed by atoms with Crippen LogP contribution in [0.2, 0.25) is 0 Å². The highest BCUT2D eigenvalue weighted by atomic mass is 35.7. The predicted octanol–water partition coefficient (Wildman–Crippen LogP) is 2.36. The van der Waals surface area contributed by atoms with Gasteiger partial charge in [0.1, 0.15) is 0 Å². The molecule has 1 aromatic carbocycles. The lowest BCUT2D eigenvalue weighted by atomic mass is 10.0. The summed E-state index contributed by atoms with van der Waals surface area (Å²) in [5, 5.41) is 8.78.